The number of aryl methyl sites for hydroxylation is 5. The van der Waals surface area contributed by atoms with Gasteiger partial charge in [0.25, 0.3) is 0 Å². The highest BCUT2D eigenvalue weighted by atomic mass is 16.5. The van der Waals surface area contributed by atoms with E-state index in [0.29, 0.717) is 29.2 Å². The Morgan fingerprint density at radius 3 is 2.51 bits per heavy atom. The fourth-order valence-corrected chi connectivity index (χ4v) is 4.24. The number of hydrogen-bond donors (Lipinski definition) is 1. The molecular weight excluding hydrogens is 440 g/mol. The summed E-state index contributed by atoms with van der Waals surface area (Å²) in [5, 5.41) is 3.59. The molecule has 0 radical (unpaired) electrons. The first-order valence-electron chi connectivity index (χ1n) is 11.6. The molecule has 35 heavy (non-hydrogen) atoms. The fraction of sp³-hybridized carbons (Fsp3) is 0.296. The van der Waals surface area contributed by atoms with E-state index >= 15 is 0 Å². The first-order valence-corrected chi connectivity index (χ1v) is 11.6. The molecule has 4 aromatic rings. The third-order valence-corrected chi connectivity index (χ3v) is 6.06. The zero-order chi connectivity index (χ0) is 24.5. The molecule has 8 nitrogen and oxygen atoms in total. The number of rotatable bonds is 6. The van der Waals surface area contributed by atoms with Gasteiger partial charge < -0.3 is 14.8 Å². The first kappa shape index (κ1) is 22.7. The Bertz CT molecular complexity index is 1390. The summed E-state index contributed by atoms with van der Waals surface area (Å²) in [6, 6.07) is 12.0. The molecule has 1 aliphatic carbocycles. The lowest BCUT2D eigenvalue weighted by molar-refractivity contribution is 0.181. The predicted octanol–water partition coefficient (Wildman–Crippen LogP) is 5.15. The Hall–Kier alpha value is -4.07. The summed E-state index contributed by atoms with van der Waals surface area (Å²) in [5.41, 5.74) is 6.47. The Labute approximate surface area is 204 Å². The number of nitrogens with one attached hydrogen (secondary N) is 1. The van der Waals surface area contributed by atoms with Crippen LogP contribution in [0.3, 0.4) is 0 Å². The monoisotopic (exact) mass is 468 g/mol. The van der Waals surface area contributed by atoms with E-state index < -0.39 is 0 Å². The van der Waals surface area contributed by atoms with Gasteiger partial charge in [0.1, 0.15) is 17.6 Å². The van der Waals surface area contributed by atoms with Crippen LogP contribution < -0.4 is 14.8 Å². The smallest absolute Gasteiger partial charge is 0.243 e. The van der Waals surface area contributed by atoms with E-state index in [-0.39, 0.29) is 12.1 Å². The van der Waals surface area contributed by atoms with Gasteiger partial charge in [-0.2, -0.15) is 0 Å². The van der Waals surface area contributed by atoms with Crippen molar-refractivity contribution in [1.82, 2.24) is 24.9 Å². The van der Waals surface area contributed by atoms with E-state index in [4.69, 9.17) is 14.5 Å². The molecule has 0 saturated carbocycles. The van der Waals surface area contributed by atoms with Gasteiger partial charge in [-0.05, 0) is 57.4 Å². The molecule has 0 aliphatic heterocycles. The molecule has 0 fully saturated rings. The third-order valence-electron chi connectivity index (χ3n) is 6.06. The van der Waals surface area contributed by atoms with Crippen LogP contribution in [0.5, 0.6) is 17.6 Å². The SMILES string of the molecule is Cc1ccnc(Oc2nc(C)c(N[C@@H]3c4ccccc4C[C@@H]3Oc3nc(C)cnc3C)nc2C)c1. The highest BCUT2D eigenvalue weighted by Crippen LogP contribution is 2.37. The van der Waals surface area contributed by atoms with Gasteiger partial charge in [-0.25, -0.2) is 19.9 Å². The van der Waals surface area contributed by atoms with Crippen LogP contribution in [0.25, 0.3) is 0 Å². The topological polar surface area (TPSA) is 94.9 Å². The summed E-state index contributed by atoms with van der Waals surface area (Å²) in [5.74, 6) is 2.18. The molecular formula is C27H28N6O2. The summed E-state index contributed by atoms with van der Waals surface area (Å²) >= 11 is 0. The highest BCUT2D eigenvalue weighted by molar-refractivity contribution is 5.49. The molecule has 2 atom stereocenters. The summed E-state index contributed by atoms with van der Waals surface area (Å²) in [6.45, 7) is 9.61. The zero-order valence-electron chi connectivity index (χ0n) is 20.5. The minimum absolute atomic E-state index is 0.120. The maximum atomic E-state index is 6.42. The summed E-state index contributed by atoms with van der Waals surface area (Å²) in [6.07, 6.45) is 4.05. The van der Waals surface area contributed by atoms with Crippen LogP contribution in [0.2, 0.25) is 0 Å². The third kappa shape index (κ3) is 4.77. The molecule has 1 N–H and O–H groups in total. The normalized spacial score (nSPS) is 16.6. The van der Waals surface area contributed by atoms with E-state index in [1.54, 1.807) is 12.4 Å². The van der Waals surface area contributed by atoms with Crippen molar-refractivity contribution in [2.45, 2.75) is 53.2 Å². The number of pyridine rings is 1. The van der Waals surface area contributed by atoms with Crippen LogP contribution in [0.15, 0.2) is 48.8 Å². The lowest BCUT2D eigenvalue weighted by Crippen LogP contribution is -2.29. The average molecular weight is 469 g/mol. The van der Waals surface area contributed by atoms with Crippen molar-refractivity contribution < 1.29 is 9.47 Å². The molecule has 0 unspecified atom stereocenters. The largest absolute Gasteiger partial charge is 0.470 e. The maximum Gasteiger partial charge on any atom is 0.243 e. The first-order chi connectivity index (χ1) is 16.9. The van der Waals surface area contributed by atoms with Crippen molar-refractivity contribution in [3.8, 4) is 17.6 Å². The molecule has 0 spiro atoms. The van der Waals surface area contributed by atoms with Crippen molar-refractivity contribution in [2.24, 2.45) is 0 Å². The van der Waals surface area contributed by atoms with Crippen LogP contribution in [0.4, 0.5) is 5.82 Å². The van der Waals surface area contributed by atoms with Gasteiger partial charge in [-0.15, -0.1) is 0 Å². The number of anilines is 1. The highest BCUT2D eigenvalue weighted by Gasteiger charge is 2.35. The molecule has 5 rings (SSSR count). The van der Waals surface area contributed by atoms with Gasteiger partial charge in [-0.1, -0.05) is 24.3 Å². The lowest BCUT2D eigenvalue weighted by Gasteiger charge is -2.24. The molecule has 178 valence electrons. The number of nitrogens with zero attached hydrogens (tertiary/aromatic N) is 5. The Kier molecular flexibility index (Phi) is 6.03. The lowest BCUT2D eigenvalue weighted by atomic mass is 10.1. The quantitative estimate of drug-likeness (QED) is 0.415. The Morgan fingerprint density at radius 1 is 0.857 bits per heavy atom. The van der Waals surface area contributed by atoms with Crippen LogP contribution in [-0.4, -0.2) is 31.0 Å². The molecule has 8 heteroatoms. The number of ether oxygens (including phenoxy) is 2. The van der Waals surface area contributed by atoms with Crippen molar-refractivity contribution in [3.63, 3.8) is 0 Å². The van der Waals surface area contributed by atoms with Gasteiger partial charge in [-0.3, -0.25) is 4.98 Å². The van der Waals surface area contributed by atoms with Crippen LogP contribution in [0, 0.1) is 34.6 Å². The predicted molar refractivity (Wildman–Crippen MR) is 133 cm³/mol. The second-order valence-electron chi connectivity index (χ2n) is 8.90. The summed E-state index contributed by atoms with van der Waals surface area (Å²) in [7, 11) is 0. The molecule has 3 heterocycles. The maximum absolute atomic E-state index is 6.42. The molecule has 1 aliphatic rings. The average Bonchev–Trinajstić information content (AvgIpc) is 3.16. The van der Waals surface area contributed by atoms with Crippen LogP contribution >= 0.6 is 0 Å². The second kappa shape index (κ2) is 9.29. The van der Waals surface area contributed by atoms with E-state index in [0.717, 1.165) is 29.1 Å². The standard InChI is InChI=1S/C27H28N6O2/c1-15-10-11-28-23(12-15)35-27-19(5)31-25(17(3)32-27)33-24-21-9-7-6-8-20(21)13-22(24)34-26-18(4)29-14-16(2)30-26/h6-12,14,22,24H,13H2,1-5H3,(H,31,33)/t22-,24+/m0/s1. The molecule has 0 saturated heterocycles. The van der Waals surface area contributed by atoms with Gasteiger partial charge in [0.15, 0.2) is 0 Å². The minimum atomic E-state index is -0.170. The van der Waals surface area contributed by atoms with Crippen molar-refractivity contribution in [2.75, 3.05) is 5.32 Å². The fourth-order valence-electron chi connectivity index (χ4n) is 4.24. The minimum Gasteiger partial charge on any atom is -0.470 e. The molecule has 3 aromatic heterocycles. The van der Waals surface area contributed by atoms with E-state index in [2.05, 4.69) is 43.5 Å². The van der Waals surface area contributed by atoms with E-state index in [1.807, 2.05) is 52.8 Å². The van der Waals surface area contributed by atoms with E-state index in [9.17, 15) is 0 Å². The molecule has 1 aromatic carbocycles. The Balaban J connectivity index is 1.43. The van der Waals surface area contributed by atoms with Crippen LogP contribution in [0.1, 0.15) is 45.5 Å². The summed E-state index contributed by atoms with van der Waals surface area (Å²) in [4.78, 5) is 22.7. The van der Waals surface area contributed by atoms with Gasteiger partial charge in [0, 0.05) is 24.9 Å². The number of aromatic nitrogens is 5. The molecule has 0 amide bonds. The summed E-state index contributed by atoms with van der Waals surface area (Å²) < 4.78 is 12.3. The number of hydrogen-bond acceptors (Lipinski definition) is 8. The molecule has 0 bridgehead atoms. The van der Waals surface area contributed by atoms with Crippen molar-refractivity contribution in [1.29, 1.82) is 0 Å². The van der Waals surface area contributed by atoms with E-state index in [1.165, 1.54) is 11.1 Å². The van der Waals surface area contributed by atoms with Gasteiger partial charge >= 0.3 is 0 Å². The van der Waals surface area contributed by atoms with Crippen LogP contribution in [-0.2, 0) is 6.42 Å². The number of fused-ring (bicyclic) bond motifs is 1. The van der Waals surface area contributed by atoms with Crippen molar-refractivity contribution >= 4 is 5.82 Å². The van der Waals surface area contributed by atoms with Crippen molar-refractivity contribution in [3.05, 3.63) is 88.3 Å². The second-order valence-corrected chi connectivity index (χ2v) is 8.90. The van der Waals surface area contributed by atoms with Gasteiger partial charge in [0.05, 0.1) is 23.1 Å². The van der Waals surface area contributed by atoms with Gasteiger partial charge in [0.2, 0.25) is 17.6 Å². The zero-order valence-corrected chi connectivity index (χ0v) is 20.5. The Morgan fingerprint density at radius 2 is 1.69 bits per heavy atom. The number of benzene rings is 1.